The molecule has 0 radical (unpaired) electrons. The fourth-order valence-electron chi connectivity index (χ4n) is 4.22. The first-order chi connectivity index (χ1) is 17.4. The number of alkyl halides is 1. The minimum absolute atomic E-state index is 0.0683. The van der Waals surface area contributed by atoms with Crippen molar-refractivity contribution in [3.8, 4) is 11.4 Å². The van der Waals surface area contributed by atoms with Gasteiger partial charge in [-0.3, -0.25) is 4.79 Å². The molecule has 7 nitrogen and oxygen atoms in total. The fourth-order valence-corrected chi connectivity index (χ4v) is 4.22. The van der Waals surface area contributed by atoms with Crippen LogP contribution in [0.2, 0.25) is 0 Å². The fraction of sp³-hybridized carbons (Fsp3) is 0.444. The molecule has 0 saturated heterocycles. The Morgan fingerprint density at radius 3 is 2.30 bits per heavy atom. The van der Waals surface area contributed by atoms with Crippen molar-refractivity contribution in [2.45, 2.75) is 58.8 Å². The lowest BCUT2D eigenvalue weighted by molar-refractivity contribution is -0.145. The van der Waals surface area contributed by atoms with Crippen LogP contribution in [0.25, 0.3) is 11.4 Å². The number of benzene rings is 2. The van der Waals surface area contributed by atoms with Gasteiger partial charge in [-0.05, 0) is 36.5 Å². The summed E-state index contributed by atoms with van der Waals surface area (Å²) in [5.74, 6) is -1.66. The quantitative estimate of drug-likeness (QED) is 0.419. The van der Waals surface area contributed by atoms with Crippen LogP contribution in [0, 0.1) is 17.0 Å². The van der Waals surface area contributed by atoms with Gasteiger partial charge in [-0.2, -0.15) is 5.10 Å². The summed E-state index contributed by atoms with van der Waals surface area (Å²) in [5.41, 5.74) is 6.22. The standard InChI is InChI=1S/C27H34F3N5O2/c1-17(36)26(37)34(11-10-22(31)15-28)23(27(2,3)4)25-32-24(19-12-20(29)14-21(30)13-19)33-35(25)16-18-8-6-5-7-9-18/h5-9,12-14,17,22-23,36H,10-11,15-16,31H2,1-4H3/t17?,22?,23-/m0/s1. The highest BCUT2D eigenvalue weighted by Gasteiger charge is 2.40. The van der Waals surface area contributed by atoms with Gasteiger partial charge in [0.2, 0.25) is 0 Å². The van der Waals surface area contributed by atoms with Gasteiger partial charge in [0.15, 0.2) is 11.6 Å². The second-order valence-corrected chi connectivity index (χ2v) is 10.3. The number of aromatic nitrogens is 3. The topological polar surface area (TPSA) is 97.3 Å². The molecule has 10 heteroatoms. The van der Waals surface area contributed by atoms with Crippen molar-refractivity contribution in [2.75, 3.05) is 13.2 Å². The number of halogens is 3. The van der Waals surface area contributed by atoms with E-state index in [1.54, 1.807) is 4.68 Å². The van der Waals surface area contributed by atoms with Crippen LogP contribution in [-0.4, -0.2) is 56.0 Å². The third kappa shape index (κ3) is 7.17. The van der Waals surface area contributed by atoms with Crippen LogP contribution in [0.1, 0.15) is 51.5 Å². The number of nitrogens with two attached hydrogens (primary N) is 1. The van der Waals surface area contributed by atoms with E-state index in [0.29, 0.717) is 5.82 Å². The molecule has 3 atom stereocenters. The highest BCUT2D eigenvalue weighted by atomic mass is 19.1. The van der Waals surface area contributed by atoms with Crippen LogP contribution >= 0.6 is 0 Å². The Bertz CT molecular complexity index is 1170. The summed E-state index contributed by atoms with van der Waals surface area (Å²) in [6.07, 6.45) is -1.16. The van der Waals surface area contributed by atoms with E-state index in [9.17, 15) is 23.1 Å². The van der Waals surface area contributed by atoms with E-state index >= 15 is 0 Å². The van der Waals surface area contributed by atoms with Gasteiger partial charge in [0.05, 0.1) is 12.6 Å². The van der Waals surface area contributed by atoms with Crippen LogP contribution in [0.5, 0.6) is 0 Å². The van der Waals surface area contributed by atoms with Crippen molar-refractivity contribution >= 4 is 5.91 Å². The Morgan fingerprint density at radius 1 is 1.14 bits per heavy atom. The number of nitrogens with zero attached hydrogens (tertiary/aromatic N) is 4. The smallest absolute Gasteiger partial charge is 0.251 e. The van der Waals surface area contributed by atoms with Crippen molar-refractivity contribution in [3.63, 3.8) is 0 Å². The molecule has 2 unspecified atom stereocenters. The Labute approximate surface area is 215 Å². The van der Waals surface area contributed by atoms with Gasteiger partial charge in [0, 0.05) is 24.2 Å². The van der Waals surface area contributed by atoms with Gasteiger partial charge in [-0.25, -0.2) is 22.8 Å². The zero-order valence-electron chi connectivity index (χ0n) is 21.5. The van der Waals surface area contributed by atoms with E-state index in [1.165, 1.54) is 11.8 Å². The Morgan fingerprint density at radius 2 is 1.76 bits per heavy atom. The minimum Gasteiger partial charge on any atom is -0.384 e. The normalized spacial score (nSPS) is 14.3. The van der Waals surface area contributed by atoms with Crippen molar-refractivity contribution < 1.29 is 23.1 Å². The van der Waals surface area contributed by atoms with Gasteiger partial charge in [0.25, 0.3) is 5.91 Å². The Kier molecular flexibility index (Phi) is 9.09. The zero-order chi connectivity index (χ0) is 27.3. The molecule has 1 aromatic heterocycles. The molecule has 200 valence electrons. The predicted octanol–water partition coefficient (Wildman–Crippen LogP) is 4.26. The maximum absolute atomic E-state index is 14.0. The predicted molar refractivity (Wildman–Crippen MR) is 135 cm³/mol. The highest BCUT2D eigenvalue weighted by Crippen LogP contribution is 2.39. The van der Waals surface area contributed by atoms with Crippen molar-refractivity contribution in [1.29, 1.82) is 0 Å². The first-order valence-electron chi connectivity index (χ1n) is 12.2. The summed E-state index contributed by atoms with van der Waals surface area (Å²) in [6.45, 7) is 6.65. The summed E-state index contributed by atoms with van der Waals surface area (Å²) < 4.78 is 42.8. The third-order valence-corrected chi connectivity index (χ3v) is 5.95. The van der Waals surface area contributed by atoms with Gasteiger partial charge in [-0.1, -0.05) is 51.1 Å². The molecule has 0 spiro atoms. The van der Waals surface area contributed by atoms with Crippen molar-refractivity contribution in [3.05, 3.63) is 71.6 Å². The van der Waals surface area contributed by atoms with Gasteiger partial charge in [-0.15, -0.1) is 0 Å². The van der Waals surface area contributed by atoms with E-state index in [1.807, 2.05) is 51.1 Å². The summed E-state index contributed by atoms with van der Waals surface area (Å²) in [5, 5.41) is 14.8. The van der Waals surface area contributed by atoms with E-state index in [-0.39, 0.29) is 30.9 Å². The maximum atomic E-state index is 14.0. The summed E-state index contributed by atoms with van der Waals surface area (Å²) in [7, 11) is 0. The molecule has 1 amide bonds. The van der Waals surface area contributed by atoms with E-state index in [4.69, 9.17) is 5.73 Å². The van der Waals surface area contributed by atoms with Crippen LogP contribution in [-0.2, 0) is 11.3 Å². The number of hydrogen-bond donors (Lipinski definition) is 2. The molecule has 37 heavy (non-hydrogen) atoms. The van der Waals surface area contributed by atoms with Crippen LogP contribution in [0.3, 0.4) is 0 Å². The second kappa shape index (κ2) is 11.9. The first kappa shape index (κ1) is 28.3. The molecule has 0 aliphatic carbocycles. The summed E-state index contributed by atoms with van der Waals surface area (Å²) in [6, 6.07) is 11.0. The zero-order valence-corrected chi connectivity index (χ0v) is 21.5. The second-order valence-electron chi connectivity index (χ2n) is 10.3. The van der Waals surface area contributed by atoms with Gasteiger partial charge in [0.1, 0.15) is 24.4 Å². The van der Waals surface area contributed by atoms with Crippen LogP contribution in [0.4, 0.5) is 13.2 Å². The molecule has 3 N–H and O–H groups in total. The maximum Gasteiger partial charge on any atom is 0.251 e. The molecule has 3 rings (SSSR count). The number of rotatable bonds is 10. The largest absolute Gasteiger partial charge is 0.384 e. The highest BCUT2D eigenvalue weighted by molar-refractivity contribution is 5.80. The molecule has 1 heterocycles. The van der Waals surface area contributed by atoms with E-state index < -0.39 is 47.8 Å². The number of aliphatic hydroxyl groups is 1. The molecule has 0 saturated carbocycles. The molecule has 3 aromatic rings. The molecular formula is C27H34F3N5O2. The number of carbonyl (C=O) groups is 1. The Balaban J connectivity index is 2.20. The lowest BCUT2D eigenvalue weighted by Crippen LogP contribution is -2.47. The lowest BCUT2D eigenvalue weighted by atomic mass is 9.84. The van der Waals surface area contributed by atoms with Crippen molar-refractivity contribution in [1.82, 2.24) is 19.7 Å². The SMILES string of the molecule is CC(O)C(=O)N(CCC(N)CF)[C@@H](c1nc(-c2cc(F)cc(F)c2)nn1Cc1ccccc1)C(C)(C)C. The average molecular weight is 518 g/mol. The number of aliphatic hydroxyl groups excluding tert-OH is 1. The average Bonchev–Trinajstić information content (AvgIpc) is 3.23. The van der Waals surface area contributed by atoms with Crippen LogP contribution < -0.4 is 5.73 Å². The summed E-state index contributed by atoms with van der Waals surface area (Å²) in [4.78, 5) is 19.3. The van der Waals surface area contributed by atoms with Gasteiger partial charge >= 0.3 is 0 Å². The van der Waals surface area contributed by atoms with E-state index in [0.717, 1.165) is 23.8 Å². The molecule has 0 bridgehead atoms. The molecular weight excluding hydrogens is 483 g/mol. The first-order valence-corrected chi connectivity index (χ1v) is 12.2. The number of amides is 1. The minimum atomic E-state index is -1.33. The molecule has 0 aliphatic rings. The molecule has 0 fully saturated rings. The molecule has 0 aliphatic heterocycles. The third-order valence-electron chi connectivity index (χ3n) is 5.95. The Hall–Kier alpha value is -3.24. The van der Waals surface area contributed by atoms with Gasteiger partial charge < -0.3 is 15.7 Å². The van der Waals surface area contributed by atoms with Crippen LogP contribution in [0.15, 0.2) is 48.5 Å². The van der Waals surface area contributed by atoms with Crippen molar-refractivity contribution in [2.24, 2.45) is 11.1 Å². The number of hydrogen-bond acceptors (Lipinski definition) is 5. The van der Waals surface area contributed by atoms with E-state index in [2.05, 4.69) is 10.1 Å². The number of carbonyl (C=O) groups excluding carboxylic acids is 1. The summed E-state index contributed by atoms with van der Waals surface area (Å²) >= 11 is 0. The lowest BCUT2D eigenvalue weighted by Gasteiger charge is -2.40. The monoisotopic (exact) mass is 517 g/mol. The molecule has 2 aromatic carbocycles.